The predicted octanol–water partition coefficient (Wildman–Crippen LogP) is 5.15. The van der Waals surface area contributed by atoms with Gasteiger partial charge < -0.3 is 9.15 Å². The van der Waals surface area contributed by atoms with E-state index in [9.17, 15) is 18.0 Å². The minimum absolute atomic E-state index is 0.242. The van der Waals surface area contributed by atoms with Crippen LogP contribution >= 0.6 is 11.6 Å². The van der Waals surface area contributed by atoms with Gasteiger partial charge in [-0.05, 0) is 36.4 Å². The molecule has 0 aliphatic rings. The summed E-state index contributed by atoms with van der Waals surface area (Å²) in [6.07, 6.45) is -3.21. The molecule has 0 bridgehead atoms. The Morgan fingerprint density at radius 2 is 1.93 bits per heavy atom. The van der Waals surface area contributed by atoms with E-state index in [0.717, 1.165) is 12.1 Å². The molecular formula is C20H14ClF3N2O3. The summed E-state index contributed by atoms with van der Waals surface area (Å²) in [6, 6.07) is 14.5. The van der Waals surface area contributed by atoms with Crippen molar-refractivity contribution in [3.8, 4) is 17.1 Å². The SMILES string of the molecule is O=C(COc1ccccc1Cl)N/N=C/c1ccc(-c2cccc(C(F)(F)F)c2)o1. The zero-order valence-corrected chi connectivity index (χ0v) is 15.5. The van der Waals surface area contributed by atoms with E-state index in [1.165, 1.54) is 30.5 Å². The summed E-state index contributed by atoms with van der Waals surface area (Å²) >= 11 is 5.92. The molecule has 3 rings (SSSR count). The first-order valence-corrected chi connectivity index (χ1v) is 8.67. The van der Waals surface area contributed by atoms with Crippen molar-refractivity contribution < 1.29 is 27.1 Å². The number of benzene rings is 2. The van der Waals surface area contributed by atoms with Crippen molar-refractivity contribution in [2.75, 3.05) is 6.61 Å². The van der Waals surface area contributed by atoms with Crippen LogP contribution in [-0.4, -0.2) is 18.7 Å². The van der Waals surface area contributed by atoms with Crippen molar-refractivity contribution in [2.45, 2.75) is 6.18 Å². The van der Waals surface area contributed by atoms with Crippen LogP contribution in [0.2, 0.25) is 5.02 Å². The molecule has 0 aliphatic carbocycles. The second kappa shape index (κ2) is 8.83. The van der Waals surface area contributed by atoms with E-state index in [1.807, 2.05) is 0 Å². The van der Waals surface area contributed by atoms with Gasteiger partial charge in [0.15, 0.2) is 6.61 Å². The number of rotatable bonds is 6. The molecule has 150 valence electrons. The molecule has 0 saturated carbocycles. The highest BCUT2D eigenvalue weighted by Gasteiger charge is 2.30. The number of para-hydroxylation sites is 1. The first kappa shape index (κ1) is 20.5. The fourth-order valence-electron chi connectivity index (χ4n) is 2.33. The summed E-state index contributed by atoms with van der Waals surface area (Å²) < 4.78 is 49.2. The van der Waals surface area contributed by atoms with Crippen molar-refractivity contribution in [3.05, 3.63) is 77.0 Å². The highest BCUT2D eigenvalue weighted by atomic mass is 35.5. The van der Waals surface area contributed by atoms with Gasteiger partial charge >= 0.3 is 6.18 Å². The summed E-state index contributed by atoms with van der Waals surface area (Å²) in [5.41, 5.74) is 1.76. The topological polar surface area (TPSA) is 63.8 Å². The number of halogens is 4. The molecule has 2 aromatic carbocycles. The zero-order chi connectivity index (χ0) is 20.9. The van der Waals surface area contributed by atoms with Crippen molar-refractivity contribution in [1.82, 2.24) is 5.43 Å². The van der Waals surface area contributed by atoms with E-state index in [-0.39, 0.29) is 23.7 Å². The van der Waals surface area contributed by atoms with E-state index < -0.39 is 17.6 Å². The minimum atomic E-state index is -4.44. The Morgan fingerprint density at radius 3 is 2.69 bits per heavy atom. The maximum absolute atomic E-state index is 12.8. The Morgan fingerprint density at radius 1 is 1.14 bits per heavy atom. The molecule has 1 amide bonds. The molecule has 1 N–H and O–H groups in total. The number of hydrogen-bond donors (Lipinski definition) is 1. The standard InChI is InChI=1S/C20H14ClF3N2O3/c21-16-6-1-2-7-18(16)28-12-19(27)26-25-11-15-8-9-17(29-15)13-4-3-5-14(10-13)20(22,23)24/h1-11H,12H2,(H,26,27)/b25-11+. The van der Waals surface area contributed by atoms with E-state index in [0.29, 0.717) is 10.8 Å². The first-order chi connectivity index (χ1) is 13.8. The quantitative estimate of drug-likeness (QED) is 0.441. The number of carbonyl (C=O) groups excluding carboxylic acids is 1. The molecule has 0 unspecified atom stereocenters. The Bertz CT molecular complexity index is 1030. The van der Waals surface area contributed by atoms with Crippen LogP contribution in [0, 0.1) is 0 Å². The lowest BCUT2D eigenvalue weighted by atomic mass is 10.1. The number of ether oxygens (including phenoxy) is 1. The van der Waals surface area contributed by atoms with Crippen LogP contribution in [0.3, 0.4) is 0 Å². The Hall–Kier alpha value is -3.26. The van der Waals surface area contributed by atoms with Gasteiger partial charge in [0, 0.05) is 5.56 Å². The molecule has 1 aromatic heterocycles. The van der Waals surface area contributed by atoms with Crippen LogP contribution < -0.4 is 10.2 Å². The molecule has 0 radical (unpaired) electrons. The highest BCUT2D eigenvalue weighted by Crippen LogP contribution is 2.32. The smallest absolute Gasteiger partial charge is 0.416 e. The molecule has 1 heterocycles. The van der Waals surface area contributed by atoms with Crippen LogP contribution in [0.4, 0.5) is 13.2 Å². The molecular weight excluding hydrogens is 409 g/mol. The van der Waals surface area contributed by atoms with Crippen LogP contribution in [0.5, 0.6) is 5.75 Å². The average molecular weight is 423 g/mol. The van der Waals surface area contributed by atoms with Crippen LogP contribution in [-0.2, 0) is 11.0 Å². The fraction of sp³-hybridized carbons (Fsp3) is 0.100. The van der Waals surface area contributed by atoms with Crippen LogP contribution in [0.15, 0.2) is 70.2 Å². The molecule has 0 aliphatic heterocycles. The van der Waals surface area contributed by atoms with E-state index in [4.69, 9.17) is 20.8 Å². The van der Waals surface area contributed by atoms with Gasteiger partial charge in [0.25, 0.3) is 5.91 Å². The van der Waals surface area contributed by atoms with Gasteiger partial charge in [0.05, 0.1) is 16.8 Å². The van der Waals surface area contributed by atoms with Gasteiger partial charge in [-0.25, -0.2) is 5.43 Å². The average Bonchev–Trinajstić information content (AvgIpc) is 3.16. The lowest BCUT2D eigenvalue weighted by Gasteiger charge is -2.07. The molecule has 0 spiro atoms. The maximum atomic E-state index is 12.8. The third kappa shape index (κ3) is 5.61. The number of alkyl halides is 3. The van der Waals surface area contributed by atoms with Gasteiger partial charge in [0.1, 0.15) is 17.3 Å². The lowest BCUT2D eigenvalue weighted by Crippen LogP contribution is -2.24. The van der Waals surface area contributed by atoms with Crippen molar-refractivity contribution in [1.29, 1.82) is 0 Å². The number of hydrazone groups is 1. The number of nitrogens with one attached hydrogen (secondary N) is 1. The monoisotopic (exact) mass is 422 g/mol. The number of amides is 1. The largest absolute Gasteiger partial charge is 0.482 e. The van der Waals surface area contributed by atoms with E-state index in [2.05, 4.69) is 10.5 Å². The lowest BCUT2D eigenvalue weighted by molar-refractivity contribution is -0.137. The van der Waals surface area contributed by atoms with Crippen LogP contribution in [0.25, 0.3) is 11.3 Å². The van der Waals surface area contributed by atoms with Crippen molar-refractivity contribution >= 4 is 23.7 Å². The summed E-state index contributed by atoms with van der Waals surface area (Å²) in [5, 5.41) is 4.11. The number of furan rings is 1. The summed E-state index contributed by atoms with van der Waals surface area (Å²) in [6.45, 7) is -0.297. The van der Waals surface area contributed by atoms with Crippen LogP contribution in [0.1, 0.15) is 11.3 Å². The highest BCUT2D eigenvalue weighted by molar-refractivity contribution is 6.32. The molecule has 3 aromatic rings. The van der Waals surface area contributed by atoms with Gasteiger partial charge in [-0.1, -0.05) is 35.9 Å². The molecule has 5 nitrogen and oxygen atoms in total. The first-order valence-electron chi connectivity index (χ1n) is 8.29. The number of carbonyl (C=O) groups is 1. The van der Waals surface area contributed by atoms with E-state index >= 15 is 0 Å². The minimum Gasteiger partial charge on any atom is -0.482 e. The summed E-state index contributed by atoms with van der Waals surface area (Å²) in [7, 11) is 0. The zero-order valence-electron chi connectivity index (χ0n) is 14.7. The number of hydrogen-bond acceptors (Lipinski definition) is 4. The molecule has 0 saturated heterocycles. The molecule has 0 atom stereocenters. The van der Waals surface area contributed by atoms with Gasteiger partial charge in [-0.3, -0.25) is 4.79 Å². The Balaban J connectivity index is 1.57. The van der Waals surface area contributed by atoms with Crippen molar-refractivity contribution in [3.63, 3.8) is 0 Å². The van der Waals surface area contributed by atoms with Gasteiger partial charge in [0.2, 0.25) is 0 Å². The second-order valence-electron chi connectivity index (χ2n) is 5.79. The van der Waals surface area contributed by atoms with Gasteiger partial charge in [-0.15, -0.1) is 0 Å². The summed E-state index contributed by atoms with van der Waals surface area (Å²) in [5.74, 6) is 0.339. The molecule has 9 heteroatoms. The predicted molar refractivity (Wildman–Crippen MR) is 102 cm³/mol. The molecule has 0 fully saturated rings. The second-order valence-corrected chi connectivity index (χ2v) is 6.20. The normalized spacial score (nSPS) is 11.6. The maximum Gasteiger partial charge on any atom is 0.416 e. The number of nitrogens with zero attached hydrogens (tertiary/aromatic N) is 1. The Labute approximate surface area is 168 Å². The summed E-state index contributed by atoms with van der Waals surface area (Å²) in [4.78, 5) is 11.7. The molecule has 29 heavy (non-hydrogen) atoms. The van der Waals surface area contributed by atoms with E-state index in [1.54, 1.807) is 24.3 Å². The third-order valence-corrected chi connectivity index (χ3v) is 3.99. The van der Waals surface area contributed by atoms with Gasteiger partial charge in [-0.2, -0.15) is 18.3 Å². The fourth-order valence-corrected chi connectivity index (χ4v) is 2.52. The van der Waals surface area contributed by atoms with Crippen molar-refractivity contribution in [2.24, 2.45) is 5.10 Å². The third-order valence-electron chi connectivity index (χ3n) is 3.68. The Kier molecular flexibility index (Phi) is 6.23.